The minimum absolute atomic E-state index is 0.207. The first-order chi connectivity index (χ1) is 8.81. The van der Waals surface area contributed by atoms with E-state index < -0.39 is 0 Å². The van der Waals surface area contributed by atoms with Gasteiger partial charge >= 0.3 is 6.03 Å². The van der Waals surface area contributed by atoms with Crippen LogP contribution in [0.1, 0.15) is 31.9 Å². The zero-order chi connectivity index (χ0) is 14.5. The summed E-state index contributed by atoms with van der Waals surface area (Å²) in [7, 11) is 0. The van der Waals surface area contributed by atoms with Gasteiger partial charge in [0.05, 0.1) is 5.69 Å². The first kappa shape index (κ1) is 15.1. The molecule has 0 saturated heterocycles. The number of aryl methyl sites for hydroxylation is 1. The van der Waals surface area contributed by atoms with E-state index in [1.54, 1.807) is 0 Å². The van der Waals surface area contributed by atoms with Crippen molar-refractivity contribution < 1.29 is 9.90 Å². The highest BCUT2D eigenvalue weighted by atomic mass is 16.2. The Morgan fingerprint density at radius 1 is 1.37 bits per heavy atom. The van der Waals surface area contributed by atoms with E-state index in [0.29, 0.717) is 11.3 Å². The minimum atomic E-state index is -0.301. The normalized spacial score (nSPS) is 10.4. The Morgan fingerprint density at radius 2 is 2.05 bits per heavy atom. The summed E-state index contributed by atoms with van der Waals surface area (Å²) in [6, 6.07) is 5.31. The topological polar surface area (TPSA) is 61.4 Å². The predicted molar refractivity (Wildman–Crippen MR) is 77.1 cm³/mol. The lowest BCUT2D eigenvalue weighted by molar-refractivity contribution is 0.244. The Morgan fingerprint density at radius 3 is 2.63 bits per heavy atom. The molecule has 0 aliphatic heterocycles. The maximum Gasteiger partial charge on any atom is 0.319 e. The molecule has 19 heavy (non-hydrogen) atoms. The van der Waals surface area contributed by atoms with Gasteiger partial charge in [-0.25, -0.2) is 4.79 Å². The quantitative estimate of drug-likeness (QED) is 0.678. The molecule has 2 amide bonds. The number of urea groups is 1. The molecule has 0 spiro atoms. The van der Waals surface area contributed by atoms with E-state index in [1.807, 2.05) is 45.9 Å². The van der Waals surface area contributed by atoms with Crippen molar-refractivity contribution >= 4 is 11.7 Å². The van der Waals surface area contributed by atoms with Crippen LogP contribution in [-0.2, 0) is 0 Å². The van der Waals surface area contributed by atoms with Crippen LogP contribution in [0.4, 0.5) is 10.5 Å². The standard InChI is InChI=1S/C15H20N2O2/c1-11-7-8-12(6-5-9-18)13(10-11)16-14(19)17-15(2,3)4/h7-8,10,18H,9H2,1-4H3,(H2,16,17,19). The van der Waals surface area contributed by atoms with E-state index in [9.17, 15) is 4.79 Å². The van der Waals surface area contributed by atoms with Crippen LogP contribution >= 0.6 is 0 Å². The molecule has 0 bridgehead atoms. The van der Waals surface area contributed by atoms with Gasteiger partial charge in [0.25, 0.3) is 0 Å². The van der Waals surface area contributed by atoms with Gasteiger partial charge in [-0.15, -0.1) is 0 Å². The number of carbonyl (C=O) groups is 1. The van der Waals surface area contributed by atoms with Crippen LogP contribution in [0.25, 0.3) is 0 Å². The fourth-order valence-electron chi connectivity index (χ4n) is 1.50. The molecule has 4 nitrogen and oxygen atoms in total. The highest BCUT2D eigenvalue weighted by Crippen LogP contribution is 2.16. The van der Waals surface area contributed by atoms with Gasteiger partial charge in [-0.1, -0.05) is 17.9 Å². The molecular weight excluding hydrogens is 240 g/mol. The Hall–Kier alpha value is -1.99. The number of anilines is 1. The maximum absolute atomic E-state index is 11.8. The zero-order valence-corrected chi connectivity index (χ0v) is 11.8. The lowest BCUT2D eigenvalue weighted by Crippen LogP contribution is -2.43. The molecule has 1 aromatic rings. The molecule has 1 aromatic carbocycles. The number of aliphatic hydroxyl groups excluding tert-OH is 1. The summed E-state index contributed by atoms with van der Waals surface area (Å²) in [6.45, 7) is 7.47. The number of aliphatic hydroxyl groups is 1. The summed E-state index contributed by atoms with van der Waals surface area (Å²) in [6.07, 6.45) is 0. The van der Waals surface area contributed by atoms with Gasteiger partial charge in [-0.2, -0.15) is 0 Å². The Balaban J connectivity index is 2.93. The number of hydrogen-bond acceptors (Lipinski definition) is 2. The van der Waals surface area contributed by atoms with Crippen molar-refractivity contribution in [3.05, 3.63) is 29.3 Å². The predicted octanol–water partition coefficient (Wildman–Crippen LogP) is 2.26. The Labute approximate surface area is 114 Å². The molecule has 0 aliphatic rings. The van der Waals surface area contributed by atoms with Crippen LogP contribution in [-0.4, -0.2) is 23.3 Å². The lowest BCUT2D eigenvalue weighted by atomic mass is 10.1. The second-order valence-corrected chi connectivity index (χ2v) is 5.34. The van der Waals surface area contributed by atoms with E-state index in [-0.39, 0.29) is 18.2 Å². The molecule has 0 fully saturated rings. The van der Waals surface area contributed by atoms with Crippen LogP contribution in [0.15, 0.2) is 18.2 Å². The van der Waals surface area contributed by atoms with Gasteiger partial charge in [0.15, 0.2) is 0 Å². The van der Waals surface area contributed by atoms with Crippen LogP contribution in [0.5, 0.6) is 0 Å². The number of nitrogens with one attached hydrogen (secondary N) is 2. The first-order valence-corrected chi connectivity index (χ1v) is 6.11. The van der Waals surface area contributed by atoms with Crippen molar-refractivity contribution in [2.24, 2.45) is 0 Å². The van der Waals surface area contributed by atoms with Gasteiger partial charge < -0.3 is 15.7 Å². The van der Waals surface area contributed by atoms with E-state index in [2.05, 4.69) is 22.5 Å². The van der Waals surface area contributed by atoms with Crippen LogP contribution in [0.2, 0.25) is 0 Å². The number of benzene rings is 1. The molecule has 0 aliphatic carbocycles. The van der Waals surface area contributed by atoms with Crippen molar-refractivity contribution in [2.45, 2.75) is 33.2 Å². The molecule has 1 rings (SSSR count). The summed E-state index contributed by atoms with van der Waals surface area (Å²) in [5.41, 5.74) is 2.05. The zero-order valence-electron chi connectivity index (χ0n) is 11.8. The van der Waals surface area contributed by atoms with Gasteiger partial charge in [-0.3, -0.25) is 0 Å². The molecule has 0 aromatic heterocycles. The van der Waals surface area contributed by atoms with Gasteiger partial charge in [0.1, 0.15) is 6.61 Å². The maximum atomic E-state index is 11.8. The fraction of sp³-hybridized carbons (Fsp3) is 0.400. The Bertz CT molecular complexity index is 519. The van der Waals surface area contributed by atoms with Gasteiger partial charge in [0, 0.05) is 11.1 Å². The SMILES string of the molecule is Cc1ccc(C#CCO)c(NC(=O)NC(C)(C)C)c1. The third kappa shape index (κ3) is 5.45. The molecule has 102 valence electrons. The second-order valence-electron chi connectivity index (χ2n) is 5.34. The molecular formula is C15H20N2O2. The summed E-state index contributed by atoms with van der Waals surface area (Å²) in [4.78, 5) is 11.8. The van der Waals surface area contributed by atoms with Gasteiger partial charge in [-0.05, 0) is 45.4 Å². The van der Waals surface area contributed by atoms with E-state index in [4.69, 9.17) is 5.11 Å². The highest BCUT2D eigenvalue weighted by Gasteiger charge is 2.14. The molecule has 4 heteroatoms. The van der Waals surface area contributed by atoms with E-state index in [0.717, 1.165) is 5.56 Å². The molecule has 0 radical (unpaired) electrons. The molecule has 0 saturated carbocycles. The van der Waals surface area contributed by atoms with Crippen LogP contribution in [0, 0.1) is 18.8 Å². The molecule has 0 unspecified atom stereocenters. The fourth-order valence-corrected chi connectivity index (χ4v) is 1.50. The van der Waals surface area contributed by atoms with Crippen molar-refractivity contribution in [3.8, 4) is 11.8 Å². The number of carbonyl (C=O) groups excluding carboxylic acids is 1. The average Bonchev–Trinajstić information content (AvgIpc) is 2.25. The van der Waals surface area contributed by atoms with Crippen LogP contribution in [0.3, 0.4) is 0 Å². The number of hydrogen-bond donors (Lipinski definition) is 3. The monoisotopic (exact) mass is 260 g/mol. The third-order valence-electron chi connectivity index (χ3n) is 2.21. The Kier molecular flexibility index (Phi) is 4.96. The summed E-state index contributed by atoms with van der Waals surface area (Å²) in [5, 5.41) is 14.3. The molecule has 0 atom stereocenters. The first-order valence-electron chi connectivity index (χ1n) is 6.11. The third-order valence-corrected chi connectivity index (χ3v) is 2.21. The van der Waals surface area contributed by atoms with E-state index >= 15 is 0 Å². The van der Waals surface area contributed by atoms with Crippen molar-refractivity contribution in [1.29, 1.82) is 0 Å². The average molecular weight is 260 g/mol. The lowest BCUT2D eigenvalue weighted by Gasteiger charge is -2.21. The molecule has 0 heterocycles. The van der Waals surface area contributed by atoms with Crippen LogP contribution < -0.4 is 10.6 Å². The molecule has 3 N–H and O–H groups in total. The van der Waals surface area contributed by atoms with Crippen molar-refractivity contribution in [1.82, 2.24) is 5.32 Å². The van der Waals surface area contributed by atoms with E-state index in [1.165, 1.54) is 0 Å². The minimum Gasteiger partial charge on any atom is -0.384 e. The smallest absolute Gasteiger partial charge is 0.319 e. The van der Waals surface area contributed by atoms with Crippen molar-refractivity contribution in [3.63, 3.8) is 0 Å². The number of rotatable bonds is 1. The summed E-state index contributed by atoms with van der Waals surface area (Å²) in [5.74, 6) is 5.40. The van der Waals surface area contributed by atoms with Crippen molar-refractivity contribution in [2.75, 3.05) is 11.9 Å². The summed E-state index contributed by atoms with van der Waals surface area (Å²) >= 11 is 0. The number of amides is 2. The van der Waals surface area contributed by atoms with Gasteiger partial charge in [0.2, 0.25) is 0 Å². The summed E-state index contributed by atoms with van der Waals surface area (Å²) < 4.78 is 0. The highest BCUT2D eigenvalue weighted by molar-refractivity contribution is 5.91. The second kappa shape index (κ2) is 6.26. The largest absolute Gasteiger partial charge is 0.384 e.